The van der Waals surface area contributed by atoms with Crippen molar-refractivity contribution in [1.29, 1.82) is 0 Å². The second kappa shape index (κ2) is 6.58. The van der Waals surface area contributed by atoms with Crippen LogP contribution in [0.15, 0.2) is 11.2 Å². The van der Waals surface area contributed by atoms with Crippen LogP contribution in [0.2, 0.25) is 0 Å². The fraction of sp³-hybridized carbons (Fsp3) is 0.556. The first kappa shape index (κ1) is 12.2. The SMILES string of the molecule is CCCNc1ncc(F)c(SCCO)n1. The van der Waals surface area contributed by atoms with Crippen molar-refractivity contribution >= 4 is 17.7 Å². The van der Waals surface area contributed by atoms with Gasteiger partial charge < -0.3 is 10.4 Å². The number of hydrogen-bond acceptors (Lipinski definition) is 5. The molecule has 0 aliphatic heterocycles. The van der Waals surface area contributed by atoms with Crippen molar-refractivity contribution in [2.45, 2.75) is 18.4 Å². The lowest BCUT2D eigenvalue weighted by atomic mass is 10.5. The van der Waals surface area contributed by atoms with Gasteiger partial charge in [-0.3, -0.25) is 0 Å². The second-order valence-electron chi connectivity index (χ2n) is 2.85. The summed E-state index contributed by atoms with van der Waals surface area (Å²) in [6.07, 6.45) is 2.10. The lowest BCUT2D eigenvalue weighted by Gasteiger charge is -2.05. The molecule has 0 amide bonds. The molecule has 0 spiro atoms. The number of halogens is 1. The largest absolute Gasteiger partial charge is 0.396 e. The molecule has 1 aromatic rings. The predicted molar refractivity (Wildman–Crippen MR) is 58.6 cm³/mol. The van der Waals surface area contributed by atoms with E-state index in [1.807, 2.05) is 6.92 Å². The Bertz CT molecular complexity index is 311. The van der Waals surface area contributed by atoms with E-state index >= 15 is 0 Å². The van der Waals surface area contributed by atoms with Gasteiger partial charge in [0.15, 0.2) is 5.82 Å². The lowest BCUT2D eigenvalue weighted by molar-refractivity contribution is 0.322. The highest BCUT2D eigenvalue weighted by Gasteiger charge is 2.06. The quantitative estimate of drug-likeness (QED) is 0.574. The molecule has 0 aliphatic rings. The van der Waals surface area contributed by atoms with Gasteiger partial charge in [-0.25, -0.2) is 14.4 Å². The highest BCUT2D eigenvalue weighted by Crippen LogP contribution is 2.19. The highest BCUT2D eigenvalue weighted by atomic mass is 32.2. The first-order valence-electron chi connectivity index (χ1n) is 4.78. The Morgan fingerprint density at radius 3 is 3.07 bits per heavy atom. The van der Waals surface area contributed by atoms with E-state index < -0.39 is 5.82 Å². The van der Waals surface area contributed by atoms with Crippen molar-refractivity contribution in [3.8, 4) is 0 Å². The second-order valence-corrected chi connectivity index (χ2v) is 3.93. The third-order valence-electron chi connectivity index (χ3n) is 1.58. The minimum absolute atomic E-state index is 0.00579. The van der Waals surface area contributed by atoms with Gasteiger partial charge in [-0.05, 0) is 6.42 Å². The van der Waals surface area contributed by atoms with Crippen LogP contribution in [-0.2, 0) is 0 Å². The van der Waals surface area contributed by atoms with Gasteiger partial charge in [-0.2, -0.15) is 0 Å². The van der Waals surface area contributed by atoms with Gasteiger partial charge in [0.05, 0.1) is 12.8 Å². The van der Waals surface area contributed by atoms with Crippen LogP contribution in [0.5, 0.6) is 0 Å². The number of aliphatic hydroxyl groups excluding tert-OH is 1. The van der Waals surface area contributed by atoms with E-state index in [0.717, 1.165) is 19.2 Å². The first-order valence-corrected chi connectivity index (χ1v) is 5.76. The van der Waals surface area contributed by atoms with Gasteiger partial charge >= 0.3 is 0 Å². The molecule has 0 unspecified atom stereocenters. The van der Waals surface area contributed by atoms with E-state index in [1.165, 1.54) is 11.8 Å². The van der Waals surface area contributed by atoms with Crippen LogP contribution in [0.1, 0.15) is 13.3 Å². The molecule has 0 aliphatic carbocycles. The van der Waals surface area contributed by atoms with E-state index in [0.29, 0.717) is 11.7 Å². The van der Waals surface area contributed by atoms with Crippen LogP contribution in [0.25, 0.3) is 0 Å². The summed E-state index contributed by atoms with van der Waals surface area (Å²) in [6.45, 7) is 2.79. The molecule has 15 heavy (non-hydrogen) atoms. The van der Waals surface area contributed by atoms with E-state index in [4.69, 9.17) is 5.11 Å². The molecule has 0 aromatic carbocycles. The van der Waals surface area contributed by atoms with Gasteiger partial charge in [-0.15, -0.1) is 11.8 Å². The summed E-state index contributed by atoms with van der Waals surface area (Å²) in [6, 6.07) is 0. The molecule has 0 fully saturated rings. The van der Waals surface area contributed by atoms with E-state index in [-0.39, 0.29) is 11.6 Å². The van der Waals surface area contributed by atoms with E-state index in [2.05, 4.69) is 15.3 Å². The molecule has 4 nitrogen and oxygen atoms in total. The standard InChI is InChI=1S/C9H14FN3OS/c1-2-3-11-9-12-6-7(10)8(13-9)15-5-4-14/h6,14H,2-5H2,1H3,(H,11,12,13). The average molecular weight is 231 g/mol. The zero-order valence-corrected chi connectivity index (χ0v) is 9.35. The maximum Gasteiger partial charge on any atom is 0.223 e. The molecule has 0 atom stereocenters. The van der Waals surface area contributed by atoms with Crippen LogP contribution in [-0.4, -0.2) is 34.0 Å². The summed E-state index contributed by atoms with van der Waals surface area (Å²) in [5.74, 6) is 0.412. The molecule has 1 aromatic heterocycles. The Kier molecular flexibility index (Phi) is 5.34. The zero-order valence-electron chi connectivity index (χ0n) is 8.53. The topological polar surface area (TPSA) is 58.0 Å². The zero-order chi connectivity index (χ0) is 11.1. The number of rotatable bonds is 6. The van der Waals surface area contributed by atoms with E-state index in [1.54, 1.807) is 0 Å². The smallest absolute Gasteiger partial charge is 0.223 e. The van der Waals surface area contributed by atoms with Crippen molar-refractivity contribution in [3.05, 3.63) is 12.0 Å². The average Bonchev–Trinajstić information content (AvgIpc) is 2.26. The van der Waals surface area contributed by atoms with Gasteiger partial charge in [0, 0.05) is 12.3 Å². The molecule has 0 saturated carbocycles. The monoisotopic (exact) mass is 231 g/mol. The number of nitrogens with one attached hydrogen (secondary N) is 1. The summed E-state index contributed by atoms with van der Waals surface area (Å²) in [5, 5.41) is 11.9. The van der Waals surface area contributed by atoms with Gasteiger partial charge in [0.2, 0.25) is 5.95 Å². The maximum absolute atomic E-state index is 13.2. The fourth-order valence-corrected chi connectivity index (χ4v) is 1.54. The predicted octanol–water partition coefficient (Wildman–Crippen LogP) is 1.52. The highest BCUT2D eigenvalue weighted by molar-refractivity contribution is 7.99. The third kappa shape index (κ3) is 4.01. The summed E-state index contributed by atoms with van der Waals surface area (Å²) in [4.78, 5) is 7.81. The number of anilines is 1. The normalized spacial score (nSPS) is 10.3. The number of aromatic nitrogens is 2. The number of nitrogens with zero attached hydrogens (tertiary/aromatic N) is 2. The lowest BCUT2D eigenvalue weighted by Crippen LogP contribution is -2.05. The minimum atomic E-state index is -0.449. The molecule has 6 heteroatoms. The van der Waals surface area contributed by atoms with Crippen LogP contribution in [0, 0.1) is 5.82 Å². The Morgan fingerprint density at radius 2 is 2.40 bits per heavy atom. The van der Waals surface area contributed by atoms with Gasteiger partial charge in [0.1, 0.15) is 5.03 Å². The van der Waals surface area contributed by atoms with Crippen LogP contribution in [0.3, 0.4) is 0 Å². The van der Waals surface area contributed by atoms with Crippen molar-refractivity contribution in [1.82, 2.24) is 9.97 Å². The Labute approximate surface area is 92.3 Å². The molecular formula is C9H14FN3OS. The molecule has 0 bridgehead atoms. The molecule has 84 valence electrons. The Balaban J connectivity index is 2.66. The molecule has 0 saturated heterocycles. The number of hydrogen-bond donors (Lipinski definition) is 2. The minimum Gasteiger partial charge on any atom is -0.396 e. The molecule has 1 heterocycles. The van der Waals surface area contributed by atoms with Crippen molar-refractivity contribution in [2.24, 2.45) is 0 Å². The van der Waals surface area contributed by atoms with Gasteiger partial charge in [0.25, 0.3) is 0 Å². The maximum atomic E-state index is 13.2. The van der Waals surface area contributed by atoms with E-state index in [9.17, 15) is 4.39 Å². The molecular weight excluding hydrogens is 217 g/mol. The van der Waals surface area contributed by atoms with Crippen LogP contribution >= 0.6 is 11.8 Å². The summed E-state index contributed by atoms with van der Waals surface area (Å²) in [7, 11) is 0. The molecule has 0 radical (unpaired) electrons. The summed E-state index contributed by atoms with van der Waals surface area (Å²) >= 11 is 1.18. The van der Waals surface area contributed by atoms with Crippen molar-refractivity contribution < 1.29 is 9.50 Å². The number of thioether (sulfide) groups is 1. The van der Waals surface area contributed by atoms with Crippen LogP contribution in [0.4, 0.5) is 10.3 Å². The van der Waals surface area contributed by atoms with Crippen molar-refractivity contribution in [3.63, 3.8) is 0 Å². The van der Waals surface area contributed by atoms with Crippen molar-refractivity contribution in [2.75, 3.05) is 24.2 Å². The molecule has 2 N–H and O–H groups in total. The molecule has 1 rings (SSSR count). The fourth-order valence-electron chi connectivity index (χ4n) is 0.917. The third-order valence-corrected chi connectivity index (χ3v) is 2.52. The number of aliphatic hydroxyl groups is 1. The summed E-state index contributed by atoms with van der Waals surface area (Å²) < 4.78 is 13.2. The Morgan fingerprint density at radius 1 is 1.60 bits per heavy atom. The Hall–Kier alpha value is -0.880. The van der Waals surface area contributed by atoms with Gasteiger partial charge in [-0.1, -0.05) is 6.92 Å². The first-order chi connectivity index (χ1) is 7.27. The summed E-state index contributed by atoms with van der Waals surface area (Å²) in [5.41, 5.74) is 0. The van der Waals surface area contributed by atoms with Crippen LogP contribution < -0.4 is 5.32 Å².